The number of benzene rings is 2. The van der Waals surface area contributed by atoms with Gasteiger partial charge in [0.05, 0.1) is 0 Å². The van der Waals surface area contributed by atoms with E-state index >= 15 is 0 Å². The lowest BCUT2D eigenvalue weighted by molar-refractivity contribution is -0.119. The number of hydrogen-bond donors (Lipinski definition) is 4. The quantitative estimate of drug-likeness (QED) is 0.405. The first kappa shape index (κ1) is 21.7. The molecule has 1 fully saturated rings. The van der Waals surface area contributed by atoms with Gasteiger partial charge in [0.2, 0.25) is 11.8 Å². The Morgan fingerprint density at radius 1 is 1.00 bits per heavy atom. The number of aryl methyl sites for hydroxylation is 1. The average molecular weight is 445 g/mol. The number of nitrogens with one attached hydrogen (secondary N) is 4. The van der Waals surface area contributed by atoms with Crippen molar-refractivity contribution in [1.29, 1.82) is 0 Å². The van der Waals surface area contributed by atoms with Crippen molar-refractivity contribution in [3.8, 4) is 0 Å². The minimum atomic E-state index is -0.428. The SMILES string of the molecule is O=C(CCc1ccccc1Cl)NC(=S)NNC(=O)c1ccc(NC(=O)C2CC2)cc1. The molecule has 1 aliphatic carbocycles. The van der Waals surface area contributed by atoms with Gasteiger partial charge in [0, 0.05) is 28.6 Å². The zero-order chi connectivity index (χ0) is 21.5. The van der Waals surface area contributed by atoms with Crippen molar-refractivity contribution < 1.29 is 14.4 Å². The van der Waals surface area contributed by atoms with E-state index in [1.54, 1.807) is 30.3 Å². The summed E-state index contributed by atoms with van der Waals surface area (Å²) in [6.07, 6.45) is 2.53. The Morgan fingerprint density at radius 2 is 1.70 bits per heavy atom. The summed E-state index contributed by atoms with van der Waals surface area (Å²) in [6.45, 7) is 0. The van der Waals surface area contributed by atoms with Crippen LogP contribution in [0.4, 0.5) is 5.69 Å². The molecule has 1 aliphatic rings. The Morgan fingerprint density at radius 3 is 2.37 bits per heavy atom. The highest BCUT2D eigenvalue weighted by atomic mass is 35.5. The number of amides is 3. The Hall–Kier alpha value is -2.97. The molecule has 9 heteroatoms. The third-order valence-corrected chi connectivity index (χ3v) is 5.06. The van der Waals surface area contributed by atoms with Gasteiger partial charge in [0.1, 0.15) is 0 Å². The van der Waals surface area contributed by atoms with E-state index in [9.17, 15) is 14.4 Å². The number of rotatable bonds is 6. The van der Waals surface area contributed by atoms with Gasteiger partial charge in [0.25, 0.3) is 5.91 Å². The Bertz CT molecular complexity index is 961. The maximum atomic E-state index is 12.2. The van der Waals surface area contributed by atoms with Gasteiger partial charge in [-0.1, -0.05) is 29.8 Å². The number of halogens is 1. The van der Waals surface area contributed by atoms with Crippen LogP contribution in [-0.2, 0) is 16.0 Å². The summed E-state index contributed by atoms with van der Waals surface area (Å²) in [6, 6.07) is 13.8. The fourth-order valence-corrected chi connectivity index (χ4v) is 3.05. The van der Waals surface area contributed by atoms with E-state index in [1.807, 2.05) is 18.2 Å². The van der Waals surface area contributed by atoms with Crippen LogP contribution in [0.1, 0.15) is 35.2 Å². The highest BCUT2D eigenvalue weighted by Crippen LogP contribution is 2.30. The molecule has 0 aliphatic heterocycles. The first-order valence-electron chi connectivity index (χ1n) is 9.47. The van der Waals surface area contributed by atoms with Crippen molar-refractivity contribution in [3.05, 3.63) is 64.7 Å². The maximum Gasteiger partial charge on any atom is 0.269 e. The van der Waals surface area contributed by atoms with E-state index in [-0.39, 0.29) is 29.3 Å². The minimum Gasteiger partial charge on any atom is -0.326 e. The van der Waals surface area contributed by atoms with Gasteiger partial charge in [-0.15, -0.1) is 0 Å². The molecule has 2 aromatic carbocycles. The van der Waals surface area contributed by atoms with E-state index in [0.717, 1.165) is 18.4 Å². The summed E-state index contributed by atoms with van der Waals surface area (Å²) in [5.41, 5.74) is 6.80. The summed E-state index contributed by atoms with van der Waals surface area (Å²) in [4.78, 5) is 35.9. The smallest absolute Gasteiger partial charge is 0.269 e. The summed E-state index contributed by atoms with van der Waals surface area (Å²) in [5, 5.41) is 5.90. The summed E-state index contributed by atoms with van der Waals surface area (Å²) in [5.74, 6) is -0.609. The second kappa shape index (κ2) is 10.2. The van der Waals surface area contributed by atoms with Crippen LogP contribution >= 0.6 is 23.8 Å². The molecule has 7 nitrogen and oxygen atoms in total. The zero-order valence-electron chi connectivity index (χ0n) is 16.0. The highest BCUT2D eigenvalue weighted by Gasteiger charge is 2.29. The van der Waals surface area contributed by atoms with Crippen molar-refractivity contribution in [2.75, 3.05) is 5.32 Å². The maximum absolute atomic E-state index is 12.2. The molecule has 0 unspecified atom stereocenters. The van der Waals surface area contributed by atoms with Crippen LogP contribution in [0.2, 0.25) is 5.02 Å². The van der Waals surface area contributed by atoms with Gasteiger partial charge in [0.15, 0.2) is 5.11 Å². The molecule has 4 N–H and O–H groups in total. The van der Waals surface area contributed by atoms with Crippen LogP contribution in [-0.4, -0.2) is 22.8 Å². The first-order chi connectivity index (χ1) is 14.4. The molecule has 1 saturated carbocycles. The number of carbonyl (C=O) groups excluding carboxylic acids is 3. The lowest BCUT2D eigenvalue weighted by Crippen LogP contribution is -2.48. The van der Waals surface area contributed by atoms with Crippen LogP contribution in [0.3, 0.4) is 0 Å². The normalized spacial score (nSPS) is 12.6. The molecule has 3 amide bonds. The molecule has 0 spiro atoms. The number of hydrazine groups is 1. The molecular weight excluding hydrogens is 424 g/mol. The van der Waals surface area contributed by atoms with Crippen molar-refractivity contribution >= 4 is 52.3 Å². The molecule has 0 saturated heterocycles. The zero-order valence-corrected chi connectivity index (χ0v) is 17.6. The van der Waals surface area contributed by atoms with Crippen LogP contribution in [0.5, 0.6) is 0 Å². The van der Waals surface area contributed by atoms with Crippen LogP contribution < -0.4 is 21.5 Å². The summed E-state index contributed by atoms with van der Waals surface area (Å²) < 4.78 is 0. The number of hydrogen-bond acceptors (Lipinski definition) is 4. The molecule has 0 aromatic heterocycles. The third kappa shape index (κ3) is 6.53. The lowest BCUT2D eigenvalue weighted by atomic mass is 10.1. The van der Waals surface area contributed by atoms with Gasteiger partial charge < -0.3 is 10.6 Å². The second-order valence-electron chi connectivity index (χ2n) is 6.89. The van der Waals surface area contributed by atoms with Crippen molar-refractivity contribution in [3.63, 3.8) is 0 Å². The molecule has 0 atom stereocenters. The van der Waals surface area contributed by atoms with E-state index in [0.29, 0.717) is 22.7 Å². The second-order valence-corrected chi connectivity index (χ2v) is 7.70. The molecular formula is C21H21ClN4O3S. The monoisotopic (exact) mass is 444 g/mol. The van der Waals surface area contributed by atoms with Crippen molar-refractivity contribution in [2.24, 2.45) is 5.92 Å². The fraction of sp³-hybridized carbons (Fsp3) is 0.238. The highest BCUT2D eigenvalue weighted by molar-refractivity contribution is 7.80. The van der Waals surface area contributed by atoms with Crippen molar-refractivity contribution in [2.45, 2.75) is 25.7 Å². The lowest BCUT2D eigenvalue weighted by Gasteiger charge is -2.11. The predicted molar refractivity (Wildman–Crippen MR) is 119 cm³/mol. The number of anilines is 1. The minimum absolute atomic E-state index is 0.00416. The van der Waals surface area contributed by atoms with Crippen LogP contribution in [0.15, 0.2) is 48.5 Å². The van der Waals surface area contributed by atoms with Gasteiger partial charge in [-0.25, -0.2) is 0 Å². The molecule has 0 bridgehead atoms. The largest absolute Gasteiger partial charge is 0.326 e. The first-order valence-corrected chi connectivity index (χ1v) is 10.3. The molecule has 156 valence electrons. The van der Waals surface area contributed by atoms with Crippen molar-refractivity contribution in [1.82, 2.24) is 16.2 Å². The molecule has 3 rings (SSSR count). The topological polar surface area (TPSA) is 99.3 Å². The van der Waals surface area contributed by atoms with Gasteiger partial charge in [-0.2, -0.15) is 0 Å². The standard InChI is InChI=1S/C21H21ClN4O3S/c22-17-4-2-1-3-13(17)9-12-18(27)24-21(30)26-25-20(29)15-7-10-16(11-8-15)23-19(28)14-5-6-14/h1-4,7-8,10-11,14H,5-6,9,12H2,(H,23,28)(H,25,29)(H2,24,26,27,30). The van der Waals surface area contributed by atoms with E-state index in [4.69, 9.17) is 23.8 Å². The Balaban J connectivity index is 1.39. The fourth-order valence-electron chi connectivity index (χ4n) is 2.65. The van der Waals surface area contributed by atoms with Gasteiger partial charge >= 0.3 is 0 Å². The number of thiocarbonyl (C=S) groups is 1. The predicted octanol–water partition coefficient (Wildman–Crippen LogP) is 2.96. The molecule has 0 heterocycles. The van der Waals surface area contributed by atoms with E-state index < -0.39 is 5.91 Å². The van der Waals surface area contributed by atoms with E-state index in [2.05, 4.69) is 21.5 Å². The molecule has 0 radical (unpaired) electrons. The van der Waals surface area contributed by atoms with Crippen LogP contribution in [0, 0.1) is 5.92 Å². The van der Waals surface area contributed by atoms with E-state index in [1.165, 1.54) is 0 Å². The van der Waals surface area contributed by atoms with Crippen LogP contribution in [0.25, 0.3) is 0 Å². The third-order valence-electron chi connectivity index (χ3n) is 4.48. The average Bonchev–Trinajstić information content (AvgIpc) is 3.57. The summed E-state index contributed by atoms with van der Waals surface area (Å²) >= 11 is 11.1. The Labute approximate surface area is 184 Å². The molecule has 30 heavy (non-hydrogen) atoms. The van der Waals surface area contributed by atoms with Gasteiger partial charge in [-0.05, 0) is 67.4 Å². The number of carbonyl (C=O) groups is 3. The summed E-state index contributed by atoms with van der Waals surface area (Å²) in [7, 11) is 0. The Kier molecular flexibility index (Phi) is 7.37. The molecule has 2 aromatic rings. The van der Waals surface area contributed by atoms with Gasteiger partial charge in [-0.3, -0.25) is 25.2 Å².